The Morgan fingerprint density at radius 3 is 1.35 bits per heavy atom. The molecular formula is C58H39NO. The SMILES string of the molecule is c1ccc(-c2ccccc2-c2ccccc2-c2ccccc2-c2ccc(N(c3ccc(-c4ccc5oc6ccccc6c5c4)cc3)c3ccc4ccccc4c3)cc2)cc1. The van der Waals surface area contributed by atoms with Gasteiger partial charge in [-0.05, 0) is 121 Å². The molecule has 0 aliphatic carbocycles. The van der Waals surface area contributed by atoms with Crippen molar-refractivity contribution in [3.8, 4) is 55.6 Å². The Kier molecular flexibility index (Phi) is 8.87. The molecular weight excluding hydrogens is 727 g/mol. The van der Waals surface area contributed by atoms with Crippen LogP contribution in [-0.4, -0.2) is 0 Å². The van der Waals surface area contributed by atoms with Gasteiger partial charge in [0.15, 0.2) is 0 Å². The summed E-state index contributed by atoms with van der Waals surface area (Å²) in [7, 11) is 0. The largest absolute Gasteiger partial charge is 0.456 e. The fourth-order valence-corrected chi connectivity index (χ4v) is 8.77. The number of furan rings is 1. The highest BCUT2D eigenvalue weighted by atomic mass is 16.3. The summed E-state index contributed by atoms with van der Waals surface area (Å²) in [5.74, 6) is 0. The summed E-state index contributed by atoms with van der Waals surface area (Å²) < 4.78 is 6.12. The lowest BCUT2D eigenvalue weighted by atomic mass is 9.87. The molecule has 0 unspecified atom stereocenters. The van der Waals surface area contributed by atoms with E-state index in [2.05, 4.69) is 229 Å². The Morgan fingerprint density at radius 1 is 0.250 bits per heavy atom. The highest BCUT2D eigenvalue weighted by Crippen LogP contribution is 2.43. The van der Waals surface area contributed by atoms with Crippen LogP contribution in [0.4, 0.5) is 17.1 Å². The van der Waals surface area contributed by atoms with Gasteiger partial charge in [0.2, 0.25) is 0 Å². The predicted octanol–water partition coefficient (Wildman–Crippen LogP) is 16.5. The number of para-hydroxylation sites is 1. The summed E-state index contributed by atoms with van der Waals surface area (Å²) in [4.78, 5) is 2.36. The Balaban J connectivity index is 0.977. The zero-order valence-corrected chi connectivity index (χ0v) is 32.9. The summed E-state index contributed by atoms with van der Waals surface area (Å²) in [6.45, 7) is 0. The van der Waals surface area contributed by atoms with Crippen LogP contribution in [0.25, 0.3) is 88.3 Å². The van der Waals surface area contributed by atoms with Crippen molar-refractivity contribution in [2.45, 2.75) is 0 Å². The lowest BCUT2D eigenvalue weighted by Crippen LogP contribution is -2.09. The van der Waals surface area contributed by atoms with Crippen molar-refractivity contribution in [3.63, 3.8) is 0 Å². The van der Waals surface area contributed by atoms with Gasteiger partial charge in [-0.2, -0.15) is 0 Å². The number of rotatable bonds is 8. The summed E-state index contributed by atoms with van der Waals surface area (Å²) in [5.41, 5.74) is 17.0. The first-order valence-corrected chi connectivity index (χ1v) is 20.5. The highest BCUT2D eigenvalue weighted by molar-refractivity contribution is 6.06. The maximum Gasteiger partial charge on any atom is 0.135 e. The zero-order chi connectivity index (χ0) is 39.8. The van der Waals surface area contributed by atoms with Crippen LogP contribution in [-0.2, 0) is 0 Å². The zero-order valence-electron chi connectivity index (χ0n) is 32.9. The van der Waals surface area contributed by atoms with Crippen LogP contribution in [0.2, 0.25) is 0 Å². The van der Waals surface area contributed by atoms with Crippen molar-refractivity contribution < 1.29 is 4.42 Å². The van der Waals surface area contributed by atoms with Crippen LogP contribution in [0.15, 0.2) is 241 Å². The molecule has 0 spiro atoms. The number of nitrogens with zero attached hydrogens (tertiary/aromatic N) is 1. The van der Waals surface area contributed by atoms with E-state index >= 15 is 0 Å². The Hall–Kier alpha value is -7.94. The monoisotopic (exact) mass is 765 g/mol. The fourth-order valence-electron chi connectivity index (χ4n) is 8.77. The molecule has 0 atom stereocenters. The van der Waals surface area contributed by atoms with Gasteiger partial charge in [0.05, 0.1) is 0 Å². The molecule has 0 bridgehead atoms. The minimum absolute atomic E-state index is 0.905. The molecule has 10 aromatic carbocycles. The number of fused-ring (bicyclic) bond motifs is 4. The molecule has 0 fully saturated rings. The molecule has 2 heteroatoms. The Labute approximate surface area is 349 Å². The third kappa shape index (κ3) is 6.41. The van der Waals surface area contributed by atoms with Gasteiger partial charge in [-0.25, -0.2) is 0 Å². The summed E-state index contributed by atoms with van der Waals surface area (Å²) in [5, 5.41) is 4.69. The topological polar surface area (TPSA) is 16.4 Å². The molecule has 0 N–H and O–H groups in total. The van der Waals surface area contributed by atoms with Gasteiger partial charge in [0.25, 0.3) is 0 Å². The van der Waals surface area contributed by atoms with Crippen molar-refractivity contribution in [1.82, 2.24) is 0 Å². The number of hydrogen-bond acceptors (Lipinski definition) is 2. The average molecular weight is 766 g/mol. The van der Waals surface area contributed by atoms with Gasteiger partial charge >= 0.3 is 0 Å². The van der Waals surface area contributed by atoms with Gasteiger partial charge in [0.1, 0.15) is 11.2 Å². The predicted molar refractivity (Wildman–Crippen MR) is 253 cm³/mol. The van der Waals surface area contributed by atoms with Crippen molar-refractivity contribution in [2.24, 2.45) is 0 Å². The van der Waals surface area contributed by atoms with E-state index in [9.17, 15) is 0 Å². The third-order valence-corrected chi connectivity index (χ3v) is 11.7. The summed E-state index contributed by atoms with van der Waals surface area (Å²) in [6, 6.07) is 85.0. The van der Waals surface area contributed by atoms with Crippen molar-refractivity contribution in [3.05, 3.63) is 237 Å². The van der Waals surface area contributed by atoms with Crippen molar-refractivity contribution >= 4 is 49.8 Å². The second kappa shape index (κ2) is 15.1. The van der Waals surface area contributed by atoms with E-state index in [0.29, 0.717) is 0 Å². The molecule has 0 amide bonds. The maximum absolute atomic E-state index is 6.12. The molecule has 0 aliphatic rings. The van der Waals surface area contributed by atoms with Crippen molar-refractivity contribution in [2.75, 3.05) is 4.90 Å². The van der Waals surface area contributed by atoms with Crippen LogP contribution >= 0.6 is 0 Å². The minimum atomic E-state index is 0.905. The number of anilines is 3. The molecule has 1 aromatic heterocycles. The van der Waals surface area contributed by atoms with Crippen LogP contribution in [0.3, 0.4) is 0 Å². The smallest absolute Gasteiger partial charge is 0.135 e. The molecule has 0 saturated heterocycles. The minimum Gasteiger partial charge on any atom is -0.456 e. The van der Waals surface area contributed by atoms with E-state index in [1.165, 1.54) is 49.7 Å². The van der Waals surface area contributed by atoms with E-state index in [4.69, 9.17) is 4.42 Å². The second-order valence-corrected chi connectivity index (χ2v) is 15.3. The summed E-state index contributed by atoms with van der Waals surface area (Å²) >= 11 is 0. The third-order valence-electron chi connectivity index (χ3n) is 11.7. The molecule has 60 heavy (non-hydrogen) atoms. The first-order valence-electron chi connectivity index (χ1n) is 20.5. The van der Waals surface area contributed by atoms with Gasteiger partial charge < -0.3 is 9.32 Å². The standard InChI is InChI=1S/C58H39NO/c1-2-15-42(16-3-1)49-18-6-8-20-51(49)53-22-10-11-23-54(53)52-21-9-7-19-50(52)43-29-34-47(35-30-43)59(48-36-28-40-14-4-5-17-44(40)38-48)46-32-26-41(27-33-46)45-31-37-58-56(39-45)55-24-12-13-25-57(55)60-58/h1-39H. The Bertz CT molecular complexity index is 3310. The van der Waals surface area contributed by atoms with E-state index in [0.717, 1.165) is 55.7 Å². The highest BCUT2D eigenvalue weighted by Gasteiger charge is 2.18. The number of benzene rings is 10. The molecule has 0 radical (unpaired) electrons. The van der Waals surface area contributed by atoms with Crippen LogP contribution in [0.5, 0.6) is 0 Å². The molecule has 11 rings (SSSR count). The van der Waals surface area contributed by atoms with E-state index in [1.807, 2.05) is 12.1 Å². The van der Waals surface area contributed by atoms with E-state index < -0.39 is 0 Å². The molecule has 2 nitrogen and oxygen atoms in total. The first kappa shape index (κ1) is 35.2. The maximum atomic E-state index is 6.12. The second-order valence-electron chi connectivity index (χ2n) is 15.3. The fraction of sp³-hybridized carbons (Fsp3) is 0. The van der Waals surface area contributed by atoms with Crippen LogP contribution in [0, 0.1) is 0 Å². The molecule has 0 saturated carbocycles. The lowest BCUT2D eigenvalue weighted by molar-refractivity contribution is 0.669. The molecule has 11 aromatic rings. The van der Waals surface area contributed by atoms with Crippen LogP contribution < -0.4 is 4.90 Å². The first-order chi connectivity index (χ1) is 29.7. The molecule has 0 aliphatic heterocycles. The van der Waals surface area contributed by atoms with Gasteiger partial charge in [-0.15, -0.1) is 0 Å². The van der Waals surface area contributed by atoms with Gasteiger partial charge in [-0.1, -0.05) is 182 Å². The molecule has 282 valence electrons. The van der Waals surface area contributed by atoms with Gasteiger partial charge in [0, 0.05) is 27.8 Å². The summed E-state index contributed by atoms with van der Waals surface area (Å²) in [6.07, 6.45) is 0. The lowest BCUT2D eigenvalue weighted by Gasteiger charge is -2.26. The average Bonchev–Trinajstić information content (AvgIpc) is 3.70. The Morgan fingerprint density at radius 2 is 0.700 bits per heavy atom. The van der Waals surface area contributed by atoms with E-state index in [-0.39, 0.29) is 0 Å². The quantitative estimate of drug-likeness (QED) is 0.153. The number of hydrogen-bond donors (Lipinski definition) is 0. The van der Waals surface area contributed by atoms with E-state index in [1.54, 1.807) is 0 Å². The normalized spacial score (nSPS) is 11.3. The van der Waals surface area contributed by atoms with Crippen molar-refractivity contribution in [1.29, 1.82) is 0 Å². The molecule has 1 heterocycles. The van der Waals surface area contributed by atoms with Gasteiger partial charge in [-0.3, -0.25) is 0 Å². The van der Waals surface area contributed by atoms with Crippen LogP contribution in [0.1, 0.15) is 0 Å².